The van der Waals surface area contributed by atoms with Gasteiger partial charge in [-0.2, -0.15) is 0 Å². The molecule has 2 unspecified atom stereocenters. The van der Waals surface area contributed by atoms with Crippen molar-refractivity contribution in [1.82, 2.24) is 0 Å². The van der Waals surface area contributed by atoms with Crippen molar-refractivity contribution in [2.24, 2.45) is 11.8 Å². The van der Waals surface area contributed by atoms with Crippen LogP contribution in [0.15, 0.2) is 0 Å². The number of benzene rings is 2. The Morgan fingerprint density at radius 1 is 0.619 bits per heavy atom. The van der Waals surface area contributed by atoms with E-state index >= 15 is 0 Å². The summed E-state index contributed by atoms with van der Waals surface area (Å²) in [5, 5.41) is 22.8. The molecule has 42 heavy (non-hydrogen) atoms. The monoisotopic (exact) mass is 578 g/mol. The lowest BCUT2D eigenvalue weighted by Gasteiger charge is -2.39. The Hall–Kier alpha value is -2.36. The van der Waals surface area contributed by atoms with Crippen LogP contribution in [-0.4, -0.2) is 21.4 Å². The average Bonchev–Trinajstić information content (AvgIpc) is 2.92. The molecule has 0 aliphatic carbocycles. The number of ether oxygens (including phenoxy) is 2. The van der Waals surface area contributed by atoms with E-state index in [9.17, 15) is 10.2 Å². The molecule has 0 spiro atoms. The van der Waals surface area contributed by atoms with Crippen molar-refractivity contribution in [3.63, 3.8) is 0 Å². The maximum Gasteiger partial charge on any atom is 0.127 e. The zero-order valence-corrected chi connectivity index (χ0v) is 28.4. The molecule has 0 saturated carbocycles. The summed E-state index contributed by atoms with van der Waals surface area (Å²) >= 11 is 0. The molecule has 2 aromatic carbocycles. The van der Waals surface area contributed by atoms with Crippen molar-refractivity contribution in [3.05, 3.63) is 44.5 Å². The zero-order valence-electron chi connectivity index (χ0n) is 28.4. The van der Waals surface area contributed by atoms with Crippen LogP contribution in [0.4, 0.5) is 0 Å². The van der Waals surface area contributed by atoms with Gasteiger partial charge in [0.1, 0.15) is 34.2 Å². The summed E-state index contributed by atoms with van der Waals surface area (Å²) in [4.78, 5) is 0. The van der Waals surface area contributed by atoms with Crippen molar-refractivity contribution in [2.45, 2.75) is 157 Å². The summed E-state index contributed by atoms with van der Waals surface area (Å²) in [6.45, 7) is 21.8. The summed E-state index contributed by atoms with van der Waals surface area (Å²) in [5.41, 5.74) is 7.86. The molecule has 0 bridgehead atoms. The third-order valence-electron chi connectivity index (χ3n) is 10.5. The Morgan fingerprint density at radius 2 is 0.976 bits per heavy atom. The van der Waals surface area contributed by atoms with Gasteiger partial charge in [-0.3, -0.25) is 0 Å². The van der Waals surface area contributed by atoms with Crippen molar-refractivity contribution < 1.29 is 19.7 Å². The predicted molar refractivity (Wildman–Crippen MR) is 175 cm³/mol. The molecule has 2 aliphatic heterocycles. The normalized spacial score (nSPS) is 21.7. The van der Waals surface area contributed by atoms with Crippen molar-refractivity contribution in [1.29, 1.82) is 0 Å². The van der Waals surface area contributed by atoms with E-state index in [-0.39, 0.29) is 11.2 Å². The van der Waals surface area contributed by atoms with Crippen LogP contribution in [0.25, 0.3) is 0 Å². The number of rotatable bonds is 11. The van der Waals surface area contributed by atoms with Crippen LogP contribution < -0.4 is 9.47 Å². The molecule has 0 saturated heterocycles. The van der Waals surface area contributed by atoms with Gasteiger partial charge in [-0.1, -0.05) is 40.5 Å². The highest BCUT2D eigenvalue weighted by Gasteiger charge is 2.37. The highest BCUT2D eigenvalue weighted by Crippen LogP contribution is 2.48. The maximum atomic E-state index is 11.4. The molecular weight excluding hydrogens is 520 g/mol. The van der Waals surface area contributed by atoms with Crippen LogP contribution in [0, 0.1) is 39.5 Å². The fourth-order valence-electron chi connectivity index (χ4n) is 7.25. The SMILES string of the molecule is Cc1c(C)c2c(c(CCc3c(O)c(C)c(C)c4c3CCC(C)(CCCC(C)C)O4)c1O)CCC(C)(CCCC(C)C)O2. The molecule has 0 fully saturated rings. The lowest BCUT2D eigenvalue weighted by Crippen LogP contribution is -2.37. The van der Waals surface area contributed by atoms with Gasteiger partial charge in [0.15, 0.2) is 0 Å². The van der Waals surface area contributed by atoms with E-state index in [2.05, 4.69) is 55.4 Å². The summed E-state index contributed by atoms with van der Waals surface area (Å²) in [5.74, 6) is 4.15. The first-order valence-electron chi connectivity index (χ1n) is 16.7. The highest BCUT2D eigenvalue weighted by atomic mass is 16.5. The summed E-state index contributed by atoms with van der Waals surface area (Å²) in [7, 11) is 0. The van der Waals surface area contributed by atoms with Crippen molar-refractivity contribution in [3.8, 4) is 23.0 Å². The third kappa shape index (κ3) is 6.73. The van der Waals surface area contributed by atoms with Crippen molar-refractivity contribution >= 4 is 0 Å². The molecule has 0 radical (unpaired) electrons. The minimum atomic E-state index is -0.169. The molecule has 2 aliphatic rings. The van der Waals surface area contributed by atoms with Gasteiger partial charge in [0.05, 0.1) is 0 Å². The standard InChI is InChI=1S/C38H58O4/c1-23(2)13-11-19-37(9)21-17-31-29(33(39)25(5)27(7)35(31)41-37)15-16-30-32-18-22-38(10,20-12-14-24(3)4)42-36(32)28(8)26(6)34(30)40/h23-24,39-40H,11-22H2,1-10H3. The van der Waals surface area contributed by atoms with Crippen LogP contribution in [0.1, 0.15) is 137 Å². The predicted octanol–water partition coefficient (Wildman–Crippen LogP) is 9.94. The molecule has 4 rings (SSSR count). The van der Waals surface area contributed by atoms with Gasteiger partial charge >= 0.3 is 0 Å². The van der Waals surface area contributed by atoms with Gasteiger partial charge in [-0.15, -0.1) is 0 Å². The van der Waals surface area contributed by atoms with Crippen LogP contribution in [0.3, 0.4) is 0 Å². The Balaban J connectivity index is 1.62. The molecule has 2 N–H and O–H groups in total. The molecular formula is C38H58O4. The summed E-state index contributed by atoms with van der Waals surface area (Å²) < 4.78 is 13.6. The van der Waals surface area contributed by atoms with Crippen LogP contribution in [-0.2, 0) is 25.7 Å². The Labute approximate surface area is 256 Å². The lowest BCUT2D eigenvalue weighted by molar-refractivity contribution is 0.0509. The largest absolute Gasteiger partial charge is 0.507 e. The second-order valence-corrected chi connectivity index (χ2v) is 14.9. The number of hydrogen-bond donors (Lipinski definition) is 2. The smallest absolute Gasteiger partial charge is 0.127 e. The van der Waals surface area contributed by atoms with Gasteiger partial charge in [0.25, 0.3) is 0 Å². The lowest BCUT2D eigenvalue weighted by atomic mass is 9.81. The number of aromatic hydroxyl groups is 2. The first-order chi connectivity index (χ1) is 19.7. The molecule has 2 aromatic rings. The molecule has 234 valence electrons. The molecule has 2 heterocycles. The number of fused-ring (bicyclic) bond motifs is 2. The second kappa shape index (κ2) is 12.7. The second-order valence-electron chi connectivity index (χ2n) is 14.9. The van der Waals surface area contributed by atoms with Crippen LogP contribution in [0.5, 0.6) is 23.0 Å². The van der Waals surface area contributed by atoms with E-state index in [0.717, 1.165) is 94.5 Å². The molecule has 4 heteroatoms. The number of phenolic OH excluding ortho intramolecular Hbond substituents is 2. The first-order valence-corrected chi connectivity index (χ1v) is 16.7. The third-order valence-corrected chi connectivity index (χ3v) is 10.5. The van der Waals surface area contributed by atoms with E-state index in [1.807, 2.05) is 13.8 Å². The minimum Gasteiger partial charge on any atom is -0.507 e. The molecule has 4 nitrogen and oxygen atoms in total. The number of phenols is 2. The Bertz CT molecular complexity index is 1190. The van der Waals surface area contributed by atoms with E-state index in [0.29, 0.717) is 36.2 Å². The van der Waals surface area contributed by atoms with Gasteiger partial charge in [0.2, 0.25) is 0 Å². The average molecular weight is 579 g/mol. The Morgan fingerprint density at radius 3 is 1.31 bits per heavy atom. The topological polar surface area (TPSA) is 58.9 Å². The van der Waals surface area contributed by atoms with Crippen molar-refractivity contribution in [2.75, 3.05) is 0 Å². The fourth-order valence-corrected chi connectivity index (χ4v) is 7.25. The summed E-state index contributed by atoms with van der Waals surface area (Å²) in [6, 6.07) is 0. The van der Waals surface area contributed by atoms with Gasteiger partial charge in [0, 0.05) is 22.3 Å². The van der Waals surface area contributed by atoms with Gasteiger partial charge in [-0.25, -0.2) is 0 Å². The zero-order chi connectivity index (χ0) is 31.0. The van der Waals surface area contributed by atoms with E-state index in [1.54, 1.807) is 0 Å². The number of hydrogen-bond acceptors (Lipinski definition) is 4. The van der Waals surface area contributed by atoms with Crippen LogP contribution >= 0.6 is 0 Å². The Kier molecular flexibility index (Phi) is 9.85. The minimum absolute atomic E-state index is 0.169. The van der Waals surface area contributed by atoms with E-state index in [4.69, 9.17) is 9.47 Å². The highest BCUT2D eigenvalue weighted by molar-refractivity contribution is 5.61. The summed E-state index contributed by atoms with van der Waals surface area (Å²) in [6.07, 6.45) is 11.9. The molecule has 0 aromatic heterocycles. The van der Waals surface area contributed by atoms with E-state index < -0.39 is 0 Å². The molecule has 0 amide bonds. The maximum absolute atomic E-state index is 11.4. The van der Waals surface area contributed by atoms with Gasteiger partial charge < -0.3 is 19.7 Å². The first kappa shape index (κ1) is 32.6. The van der Waals surface area contributed by atoms with E-state index in [1.165, 1.54) is 25.7 Å². The van der Waals surface area contributed by atoms with Crippen LogP contribution in [0.2, 0.25) is 0 Å². The fraction of sp³-hybridized carbons (Fsp3) is 0.684. The van der Waals surface area contributed by atoms with Gasteiger partial charge in [-0.05, 0) is 140 Å². The molecule has 2 atom stereocenters. The quantitative estimate of drug-likeness (QED) is 0.279.